The molecule has 0 aliphatic carbocycles. The van der Waals surface area contributed by atoms with E-state index in [0.717, 1.165) is 35.6 Å². The maximum atomic E-state index is 12.5. The number of amides is 1. The topological polar surface area (TPSA) is 125 Å². The van der Waals surface area contributed by atoms with E-state index >= 15 is 0 Å². The molecule has 1 amide bonds. The lowest BCUT2D eigenvalue weighted by atomic mass is 9.76. The van der Waals surface area contributed by atoms with E-state index in [0.29, 0.717) is 31.9 Å². The number of β-amino-alcohol motifs (C(OH)–C–C–N with tert-alkyl or cyclic N) is 1. The van der Waals surface area contributed by atoms with Crippen LogP contribution < -0.4 is 5.32 Å². The fraction of sp³-hybridized carbons (Fsp3) is 0.640. The van der Waals surface area contributed by atoms with E-state index in [1.165, 1.54) is 4.31 Å². The first-order valence-corrected chi connectivity index (χ1v) is 14.2. The molecule has 2 aliphatic rings. The van der Waals surface area contributed by atoms with Crippen LogP contribution in [0.3, 0.4) is 0 Å². The third kappa shape index (κ3) is 5.90. The van der Waals surface area contributed by atoms with Crippen molar-refractivity contribution in [1.82, 2.24) is 19.2 Å². The number of carbonyl (C=O) groups is 1. The monoisotopic (exact) mass is 519 g/mol. The number of piperidine rings is 2. The van der Waals surface area contributed by atoms with E-state index in [4.69, 9.17) is 9.72 Å². The van der Waals surface area contributed by atoms with Gasteiger partial charge in [-0.05, 0) is 52.2 Å². The van der Waals surface area contributed by atoms with Gasteiger partial charge in [-0.15, -0.1) is 0 Å². The lowest BCUT2D eigenvalue weighted by Crippen LogP contribution is -2.51. The molecule has 2 saturated heterocycles. The van der Waals surface area contributed by atoms with Gasteiger partial charge in [0.1, 0.15) is 11.4 Å². The summed E-state index contributed by atoms with van der Waals surface area (Å²) in [6.07, 6.45) is 5.61. The van der Waals surface area contributed by atoms with Gasteiger partial charge in [0, 0.05) is 54.8 Å². The van der Waals surface area contributed by atoms with E-state index in [9.17, 15) is 18.3 Å². The van der Waals surface area contributed by atoms with Crippen LogP contribution in [-0.4, -0.2) is 89.0 Å². The van der Waals surface area contributed by atoms with Crippen LogP contribution in [0, 0.1) is 0 Å². The Morgan fingerprint density at radius 2 is 1.92 bits per heavy atom. The zero-order chi connectivity index (χ0) is 26.3. The summed E-state index contributed by atoms with van der Waals surface area (Å²) >= 11 is 0. The molecule has 0 bridgehead atoms. The average molecular weight is 520 g/mol. The highest BCUT2D eigenvalue weighted by molar-refractivity contribution is 7.88. The minimum absolute atomic E-state index is 0.0586. The summed E-state index contributed by atoms with van der Waals surface area (Å²) in [5.41, 5.74) is 0.207. The standard InChI is InChI=1S/C25H37N5O5S/c1-24(2,3)35-23(32)29-12-8-25(4,9-13-29)22-18-14-21(27-15-17(18)6-10-26-22)28-19-7-11-30(16-20(19)31)36(5,33)34/h6,10,14-15,19-20,31H,7-9,11-13,16H2,1-5H3,(H,27,28)/t19-,20-/m1/s1. The van der Waals surface area contributed by atoms with Crippen LogP contribution in [0.15, 0.2) is 24.5 Å². The summed E-state index contributed by atoms with van der Waals surface area (Å²) in [4.78, 5) is 23.6. The van der Waals surface area contributed by atoms with Crippen LogP contribution in [0.25, 0.3) is 10.8 Å². The molecule has 10 nitrogen and oxygen atoms in total. The predicted molar refractivity (Wildman–Crippen MR) is 138 cm³/mol. The largest absolute Gasteiger partial charge is 0.444 e. The number of aromatic nitrogens is 2. The fourth-order valence-electron chi connectivity index (χ4n) is 4.93. The second-order valence-electron chi connectivity index (χ2n) is 11.2. The number of likely N-dealkylation sites (tertiary alicyclic amines) is 1. The van der Waals surface area contributed by atoms with E-state index in [1.807, 2.05) is 32.9 Å². The van der Waals surface area contributed by atoms with Crippen LogP contribution >= 0.6 is 0 Å². The van der Waals surface area contributed by atoms with E-state index in [2.05, 4.69) is 17.2 Å². The molecule has 2 atom stereocenters. The van der Waals surface area contributed by atoms with Crippen LogP contribution in [0.1, 0.15) is 52.7 Å². The van der Waals surface area contributed by atoms with Gasteiger partial charge in [0.2, 0.25) is 10.0 Å². The average Bonchev–Trinajstić information content (AvgIpc) is 2.78. The van der Waals surface area contributed by atoms with Gasteiger partial charge < -0.3 is 20.1 Å². The van der Waals surface area contributed by atoms with Crippen molar-refractivity contribution < 1.29 is 23.1 Å². The van der Waals surface area contributed by atoms with Gasteiger partial charge in [-0.2, -0.15) is 4.31 Å². The summed E-state index contributed by atoms with van der Waals surface area (Å²) in [7, 11) is -3.34. The molecule has 0 radical (unpaired) electrons. The normalized spacial score (nSPS) is 23.4. The quantitative estimate of drug-likeness (QED) is 0.632. The van der Waals surface area contributed by atoms with Crippen molar-refractivity contribution in [3.8, 4) is 0 Å². The molecule has 4 rings (SSSR count). The molecule has 0 spiro atoms. The minimum atomic E-state index is -3.34. The van der Waals surface area contributed by atoms with Crippen molar-refractivity contribution >= 4 is 32.7 Å². The lowest BCUT2D eigenvalue weighted by Gasteiger charge is -2.39. The minimum Gasteiger partial charge on any atom is -0.444 e. The van der Waals surface area contributed by atoms with Gasteiger partial charge in [0.15, 0.2) is 0 Å². The number of hydrogen-bond donors (Lipinski definition) is 2. The van der Waals surface area contributed by atoms with Crippen LogP contribution in [-0.2, 0) is 20.2 Å². The summed E-state index contributed by atoms with van der Waals surface area (Å²) in [5, 5.41) is 15.8. The molecule has 0 saturated carbocycles. The number of aliphatic hydroxyl groups is 1. The third-order valence-corrected chi connectivity index (χ3v) is 8.35. The Balaban J connectivity index is 1.51. The zero-order valence-electron chi connectivity index (χ0n) is 21.7. The molecule has 0 unspecified atom stereocenters. The molecule has 4 heterocycles. The molecule has 11 heteroatoms. The predicted octanol–water partition coefficient (Wildman–Crippen LogP) is 2.73. The Labute approximate surface area is 213 Å². The molecule has 2 aromatic rings. The first kappa shape index (κ1) is 26.6. The van der Waals surface area contributed by atoms with Crippen molar-refractivity contribution in [1.29, 1.82) is 0 Å². The molecule has 36 heavy (non-hydrogen) atoms. The number of rotatable bonds is 4. The third-order valence-electron chi connectivity index (χ3n) is 7.08. The second-order valence-corrected chi connectivity index (χ2v) is 13.2. The molecular formula is C25H37N5O5S. The number of nitrogens with zero attached hydrogens (tertiary/aromatic N) is 4. The number of hydrogen-bond acceptors (Lipinski definition) is 8. The highest BCUT2D eigenvalue weighted by atomic mass is 32.2. The zero-order valence-corrected chi connectivity index (χ0v) is 22.5. The Morgan fingerprint density at radius 3 is 2.53 bits per heavy atom. The van der Waals surface area contributed by atoms with E-state index in [1.54, 1.807) is 17.3 Å². The Morgan fingerprint density at radius 1 is 1.22 bits per heavy atom. The first-order chi connectivity index (χ1) is 16.7. The summed E-state index contributed by atoms with van der Waals surface area (Å²) in [6, 6.07) is 3.58. The lowest BCUT2D eigenvalue weighted by molar-refractivity contribution is 0.0170. The van der Waals surface area contributed by atoms with E-state index < -0.39 is 21.7 Å². The fourth-order valence-corrected chi connectivity index (χ4v) is 5.79. The highest BCUT2D eigenvalue weighted by Gasteiger charge is 2.37. The smallest absolute Gasteiger partial charge is 0.410 e. The van der Waals surface area contributed by atoms with Crippen molar-refractivity contribution in [2.45, 2.75) is 70.1 Å². The number of sulfonamides is 1. The van der Waals surface area contributed by atoms with Gasteiger partial charge >= 0.3 is 6.09 Å². The van der Waals surface area contributed by atoms with Gasteiger partial charge in [-0.1, -0.05) is 6.92 Å². The number of anilines is 1. The summed E-state index contributed by atoms with van der Waals surface area (Å²) < 4.78 is 30.5. The summed E-state index contributed by atoms with van der Waals surface area (Å²) in [6.45, 7) is 9.37. The van der Waals surface area contributed by atoms with Gasteiger partial charge in [-0.3, -0.25) is 4.98 Å². The van der Waals surface area contributed by atoms with Crippen molar-refractivity contribution in [3.63, 3.8) is 0 Å². The molecule has 2 fully saturated rings. The molecular weight excluding hydrogens is 482 g/mol. The molecule has 2 aliphatic heterocycles. The Kier molecular flexibility index (Phi) is 7.20. The van der Waals surface area contributed by atoms with Gasteiger partial charge in [-0.25, -0.2) is 18.2 Å². The Hall–Kier alpha value is -2.50. The maximum Gasteiger partial charge on any atom is 0.410 e. The highest BCUT2D eigenvalue weighted by Crippen LogP contribution is 2.38. The Bertz CT molecular complexity index is 1220. The second kappa shape index (κ2) is 9.75. The maximum absolute atomic E-state index is 12.5. The molecule has 2 aromatic heterocycles. The number of pyridine rings is 2. The van der Waals surface area contributed by atoms with Crippen molar-refractivity contribution in [2.24, 2.45) is 0 Å². The molecule has 0 aromatic carbocycles. The number of aliphatic hydroxyl groups excluding tert-OH is 1. The molecule has 2 N–H and O–H groups in total. The van der Waals surface area contributed by atoms with Gasteiger partial charge in [0.05, 0.1) is 24.1 Å². The molecule has 198 valence electrons. The number of carbonyl (C=O) groups excluding carboxylic acids is 1. The SMILES string of the molecule is CC(C)(C)OC(=O)N1CCC(C)(c2nccc3cnc(N[C@@H]4CCN(S(C)(=O)=O)C[C@H]4O)cc23)CC1. The van der Waals surface area contributed by atoms with Crippen LogP contribution in [0.5, 0.6) is 0 Å². The number of nitrogens with one attached hydrogen (secondary N) is 1. The van der Waals surface area contributed by atoms with Crippen molar-refractivity contribution in [2.75, 3.05) is 37.8 Å². The van der Waals surface area contributed by atoms with Gasteiger partial charge in [0.25, 0.3) is 0 Å². The van der Waals surface area contributed by atoms with Crippen molar-refractivity contribution in [3.05, 3.63) is 30.2 Å². The van der Waals surface area contributed by atoms with Crippen LogP contribution in [0.2, 0.25) is 0 Å². The number of fused-ring (bicyclic) bond motifs is 1. The van der Waals surface area contributed by atoms with E-state index in [-0.39, 0.29) is 24.1 Å². The summed E-state index contributed by atoms with van der Waals surface area (Å²) in [5.74, 6) is 0.614. The first-order valence-electron chi connectivity index (χ1n) is 12.4. The number of ether oxygens (including phenoxy) is 1. The van der Waals surface area contributed by atoms with Crippen LogP contribution in [0.4, 0.5) is 10.6 Å².